The van der Waals surface area contributed by atoms with Gasteiger partial charge in [0.15, 0.2) is 0 Å². The number of rotatable bonds is 7. The van der Waals surface area contributed by atoms with Gasteiger partial charge in [-0.1, -0.05) is 36.4 Å². The summed E-state index contributed by atoms with van der Waals surface area (Å²) >= 11 is 0. The Morgan fingerprint density at radius 2 is 1.70 bits per heavy atom. The normalized spacial score (nSPS) is 10.8. The molecule has 2 aromatic carbocycles. The van der Waals surface area contributed by atoms with E-state index in [0.29, 0.717) is 18.7 Å². The minimum atomic E-state index is -0.114. The van der Waals surface area contributed by atoms with Crippen molar-refractivity contribution < 1.29 is 9.53 Å². The fourth-order valence-electron chi connectivity index (χ4n) is 3.97. The minimum Gasteiger partial charge on any atom is -0.497 e. The molecule has 4 aromatic rings. The summed E-state index contributed by atoms with van der Waals surface area (Å²) in [7, 11) is 1.64. The molecule has 0 aliphatic heterocycles. The highest BCUT2D eigenvalue weighted by Gasteiger charge is 2.17. The molecule has 0 radical (unpaired) electrons. The average Bonchev–Trinajstić information content (AvgIpc) is 3.13. The zero-order valence-electron chi connectivity index (χ0n) is 19.0. The van der Waals surface area contributed by atoms with Crippen LogP contribution in [0.5, 0.6) is 5.75 Å². The summed E-state index contributed by atoms with van der Waals surface area (Å²) in [5, 5.41) is 3.02. The van der Waals surface area contributed by atoms with Crippen LogP contribution in [0, 0.1) is 13.8 Å². The van der Waals surface area contributed by atoms with Crippen molar-refractivity contribution in [2.24, 2.45) is 0 Å². The number of ether oxygens (including phenoxy) is 1. The van der Waals surface area contributed by atoms with Gasteiger partial charge in [0, 0.05) is 41.9 Å². The van der Waals surface area contributed by atoms with Crippen molar-refractivity contribution in [3.8, 4) is 11.4 Å². The summed E-state index contributed by atoms with van der Waals surface area (Å²) in [4.78, 5) is 24.8. The number of hydrogen-bond donors (Lipinski definition) is 1. The Bertz CT molecular complexity index is 1330. The van der Waals surface area contributed by atoms with Crippen LogP contribution in [0.15, 0.2) is 83.8 Å². The zero-order valence-corrected chi connectivity index (χ0v) is 19.0. The van der Waals surface area contributed by atoms with E-state index in [9.17, 15) is 9.59 Å². The van der Waals surface area contributed by atoms with Gasteiger partial charge >= 0.3 is 0 Å². The van der Waals surface area contributed by atoms with Crippen LogP contribution < -0.4 is 15.6 Å². The standard InChI is InChI=1S/C27H27N3O3/c1-19-15-25(20(2)30(19)23-7-6-8-24(16-23)33-3)27(32)28-17-21-10-12-22(13-11-21)18-29-14-5-4-9-26(29)31/h4-16H,17-18H2,1-3H3,(H,28,32). The molecule has 2 aromatic heterocycles. The quantitative estimate of drug-likeness (QED) is 0.467. The molecule has 1 N–H and O–H groups in total. The van der Waals surface area contributed by atoms with Gasteiger partial charge in [-0.2, -0.15) is 0 Å². The number of pyridine rings is 1. The van der Waals surface area contributed by atoms with Crippen molar-refractivity contribution in [2.45, 2.75) is 26.9 Å². The first-order chi connectivity index (χ1) is 16.0. The maximum Gasteiger partial charge on any atom is 0.253 e. The molecule has 0 aliphatic carbocycles. The van der Waals surface area contributed by atoms with E-state index in [1.165, 1.54) is 0 Å². The van der Waals surface area contributed by atoms with Crippen molar-refractivity contribution in [3.63, 3.8) is 0 Å². The maximum atomic E-state index is 12.9. The van der Waals surface area contributed by atoms with E-state index in [-0.39, 0.29) is 11.5 Å². The van der Waals surface area contributed by atoms with Crippen LogP contribution in [0.3, 0.4) is 0 Å². The van der Waals surface area contributed by atoms with Gasteiger partial charge in [0.05, 0.1) is 19.2 Å². The van der Waals surface area contributed by atoms with E-state index in [0.717, 1.165) is 34.0 Å². The molecule has 4 rings (SSSR count). The molecule has 0 bridgehead atoms. The number of aryl methyl sites for hydroxylation is 1. The maximum absolute atomic E-state index is 12.9. The van der Waals surface area contributed by atoms with Crippen molar-refractivity contribution in [3.05, 3.63) is 117 Å². The number of benzene rings is 2. The van der Waals surface area contributed by atoms with Gasteiger partial charge in [-0.05, 0) is 49.2 Å². The molecule has 33 heavy (non-hydrogen) atoms. The number of aromatic nitrogens is 2. The first kappa shape index (κ1) is 22.1. The molecule has 0 spiro atoms. The molecule has 6 heteroatoms. The summed E-state index contributed by atoms with van der Waals surface area (Å²) in [5.74, 6) is 0.656. The van der Waals surface area contributed by atoms with E-state index < -0.39 is 0 Å². The number of nitrogens with zero attached hydrogens (tertiary/aromatic N) is 2. The summed E-state index contributed by atoms with van der Waals surface area (Å²) < 4.78 is 9.05. The highest BCUT2D eigenvalue weighted by atomic mass is 16.5. The molecule has 1 amide bonds. The smallest absolute Gasteiger partial charge is 0.253 e. The van der Waals surface area contributed by atoms with Crippen LogP contribution in [-0.2, 0) is 13.1 Å². The Balaban J connectivity index is 1.44. The van der Waals surface area contributed by atoms with E-state index >= 15 is 0 Å². The lowest BCUT2D eigenvalue weighted by molar-refractivity contribution is 0.0950. The second-order valence-corrected chi connectivity index (χ2v) is 7.99. The fourth-order valence-corrected chi connectivity index (χ4v) is 3.97. The van der Waals surface area contributed by atoms with Crippen LogP contribution in [0.25, 0.3) is 5.69 Å². The van der Waals surface area contributed by atoms with E-state index in [2.05, 4.69) is 9.88 Å². The topological polar surface area (TPSA) is 65.3 Å². The number of methoxy groups -OCH3 is 1. The van der Waals surface area contributed by atoms with Crippen LogP contribution in [-0.4, -0.2) is 22.2 Å². The molecular weight excluding hydrogens is 414 g/mol. The second kappa shape index (κ2) is 9.61. The summed E-state index contributed by atoms with van der Waals surface area (Å²) in [5.41, 5.74) is 5.45. The van der Waals surface area contributed by atoms with Gasteiger partial charge in [0.25, 0.3) is 11.5 Å². The lowest BCUT2D eigenvalue weighted by Gasteiger charge is -2.11. The number of hydrogen-bond acceptors (Lipinski definition) is 3. The van der Waals surface area contributed by atoms with Crippen LogP contribution in [0.4, 0.5) is 0 Å². The Hall–Kier alpha value is -4.06. The summed E-state index contributed by atoms with van der Waals surface area (Å²) in [6, 6.07) is 22.7. The van der Waals surface area contributed by atoms with Gasteiger partial charge in [0.1, 0.15) is 5.75 Å². The molecule has 168 valence electrons. The highest BCUT2D eigenvalue weighted by molar-refractivity contribution is 5.95. The largest absolute Gasteiger partial charge is 0.497 e. The average molecular weight is 442 g/mol. The Kier molecular flexibility index (Phi) is 6.45. The zero-order chi connectivity index (χ0) is 23.4. The number of carbonyl (C=O) groups is 1. The van der Waals surface area contributed by atoms with E-state index in [1.54, 1.807) is 30.0 Å². The first-order valence-corrected chi connectivity index (χ1v) is 10.8. The highest BCUT2D eigenvalue weighted by Crippen LogP contribution is 2.23. The molecule has 0 saturated carbocycles. The third kappa shape index (κ3) is 4.90. The van der Waals surface area contributed by atoms with Crippen LogP contribution in [0.1, 0.15) is 32.9 Å². The minimum absolute atomic E-state index is 0.0274. The van der Waals surface area contributed by atoms with Gasteiger partial charge in [-0.25, -0.2) is 0 Å². The van der Waals surface area contributed by atoms with Crippen molar-refractivity contribution >= 4 is 5.91 Å². The van der Waals surface area contributed by atoms with Gasteiger partial charge in [0.2, 0.25) is 0 Å². The van der Waals surface area contributed by atoms with E-state index in [4.69, 9.17) is 4.74 Å². The molecule has 2 heterocycles. The lowest BCUT2D eigenvalue weighted by atomic mass is 10.1. The molecular formula is C27H27N3O3. The van der Waals surface area contributed by atoms with E-state index in [1.807, 2.05) is 74.5 Å². The van der Waals surface area contributed by atoms with Crippen molar-refractivity contribution in [2.75, 3.05) is 7.11 Å². The number of carbonyl (C=O) groups excluding carboxylic acids is 1. The van der Waals surface area contributed by atoms with Crippen molar-refractivity contribution in [1.82, 2.24) is 14.5 Å². The third-order valence-electron chi connectivity index (χ3n) is 5.72. The molecule has 0 saturated heterocycles. The van der Waals surface area contributed by atoms with Gasteiger partial charge in [-0.15, -0.1) is 0 Å². The molecule has 6 nitrogen and oxygen atoms in total. The predicted molar refractivity (Wildman–Crippen MR) is 129 cm³/mol. The predicted octanol–water partition coefficient (Wildman–Crippen LogP) is 4.24. The van der Waals surface area contributed by atoms with Gasteiger partial charge in [-0.3, -0.25) is 9.59 Å². The second-order valence-electron chi connectivity index (χ2n) is 7.99. The van der Waals surface area contributed by atoms with Crippen molar-refractivity contribution in [1.29, 1.82) is 0 Å². The summed E-state index contributed by atoms with van der Waals surface area (Å²) in [6.07, 6.45) is 1.78. The van der Waals surface area contributed by atoms with Crippen LogP contribution >= 0.6 is 0 Å². The molecule has 0 aliphatic rings. The third-order valence-corrected chi connectivity index (χ3v) is 5.72. The Morgan fingerprint density at radius 1 is 0.939 bits per heavy atom. The number of nitrogens with one attached hydrogen (secondary N) is 1. The first-order valence-electron chi connectivity index (χ1n) is 10.8. The van der Waals surface area contributed by atoms with Crippen LogP contribution in [0.2, 0.25) is 0 Å². The Morgan fingerprint density at radius 3 is 2.42 bits per heavy atom. The molecule has 0 fully saturated rings. The molecule has 0 unspecified atom stereocenters. The van der Waals surface area contributed by atoms with Gasteiger partial charge < -0.3 is 19.2 Å². The summed E-state index contributed by atoms with van der Waals surface area (Å²) in [6.45, 7) is 4.87. The fraction of sp³-hybridized carbons (Fsp3) is 0.185. The lowest BCUT2D eigenvalue weighted by Crippen LogP contribution is -2.23. The number of amides is 1. The Labute approximate surface area is 193 Å². The monoisotopic (exact) mass is 441 g/mol. The molecule has 0 atom stereocenters. The SMILES string of the molecule is COc1cccc(-n2c(C)cc(C(=O)NCc3ccc(Cn4ccccc4=O)cc3)c2C)c1.